The van der Waals surface area contributed by atoms with Crippen molar-refractivity contribution in [3.05, 3.63) is 158 Å². The Hall–Kier alpha value is -5.14. The van der Waals surface area contributed by atoms with E-state index >= 15 is 0 Å². The van der Waals surface area contributed by atoms with Crippen molar-refractivity contribution in [2.24, 2.45) is 0 Å². The van der Waals surface area contributed by atoms with E-state index < -0.39 is 0 Å². The number of rotatable bonds is 5. The molecule has 0 radical (unpaired) electrons. The highest BCUT2D eigenvalue weighted by molar-refractivity contribution is 5.98. The first kappa shape index (κ1) is 23.0. The van der Waals surface area contributed by atoms with Gasteiger partial charge in [0.2, 0.25) is 0 Å². The molecule has 7 rings (SSSR count). The second-order valence-corrected chi connectivity index (χ2v) is 9.92. The smallest absolute Gasteiger partial charge is 0.0390 e. The van der Waals surface area contributed by atoms with Gasteiger partial charge in [0.25, 0.3) is 0 Å². The number of hydrogen-bond acceptors (Lipinski definition) is 1. The van der Waals surface area contributed by atoms with E-state index in [1.54, 1.807) is 0 Å². The van der Waals surface area contributed by atoms with Crippen LogP contribution in [0.2, 0.25) is 0 Å². The molecule has 39 heavy (non-hydrogen) atoms. The van der Waals surface area contributed by atoms with Crippen LogP contribution in [0.1, 0.15) is 0 Å². The van der Waals surface area contributed by atoms with Gasteiger partial charge >= 0.3 is 0 Å². The van der Waals surface area contributed by atoms with E-state index in [1.807, 2.05) is 0 Å². The zero-order valence-corrected chi connectivity index (χ0v) is 21.5. The van der Waals surface area contributed by atoms with Gasteiger partial charge in [-0.3, -0.25) is 0 Å². The van der Waals surface area contributed by atoms with Gasteiger partial charge < -0.3 is 5.32 Å². The summed E-state index contributed by atoms with van der Waals surface area (Å²) >= 11 is 0. The lowest BCUT2D eigenvalue weighted by Gasteiger charge is -2.15. The topological polar surface area (TPSA) is 12.0 Å². The van der Waals surface area contributed by atoms with Gasteiger partial charge in [-0.15, -0.1) is 0 Å². The standard InChI is InChI=1S/C38H27N/c1-2-10-28(11-3-1)37-25-30-13-4-5-14-31(30)26-38(37)32-16-8-17-34(24-32)39-33-22-20-29(21-23-33)36-19-9-15-27-12-6-7-18-35(27)36/h1-26,39H. The van der Waals surface area contributed by atoms with Gasteiger partial charge in [0.05, 0.1) is 0 Å². The predicted octanol–water partition coefficient (Wildman–Crippen LogP) is 10.7. The van der Waals surface area contributed by atoms with Crippen LogP contribution in [-0.4, -0.2) is 0 Å². The van der Waals surface area contributed by atoms with Crippen LogP contribution >= 0.6 is 0 Å². The van der Waals surface area contributed by atoms with Gasteiger partial charge in [-0.1, -0.05) is 121 Å². The van der Waals surface area contributed by atoms with E-state index in [4.69, 9.17) is 0 Å². The molecule has 1 heteroatoms. The van der Waals surface area contributed by atoms with Crippen molar-refractivity contribution in [3.8, 4) is 33.4 Å². The van der Waals surface area contributed by atoms with Crippen molar-refractivity contribution in [1.82, 2.24) is 0 Å². The fourth-order valence-electron chi connectivity index (χ4n) is 5.48. The zero-order chi connectivity index (χ0) is 26.0. The van der Waals surface area contributed by atoms with Gasteiger partial charge in [0.1, 0.15) is 0 Å². The first-order valence-electron chi connectivity index (χ1n) is 13.4. The molecule has 7 aromatic carbocycles. The molecule has 0 aliphatic rings. The minimum absolute atomic E-state index is 1.07. The number of hydrogen-bond donors (Lipinski definition) is 1. The Bertz CT molecular complexity index is 1910. The summed E-state index contributed by atoms with van der Waals surface area (Å²) in [5, 5.41) is 8.66. The van der Waals surface area contributed by atoms with Crippen LogP contribution < -0.4 is 5.32 Å². The molecule has 0 aromatic heterocycles. The van der Waals surface area contributed by atoms with Gasteiger partial charge in [-0.2, -0.15) is 0 Å². The highest BCUT2D eigenvalue weighted by Crippen LogP contribution is 2.37. The van der Waals surface area contributed by atoms with Gasteiger partial charge in [-0.05, 0) is 91.3 Å². The summed E-state index contributed by atoms with van der Waals surface area (Å²) in [4.78, 5) is 0. The fourth-order valence-corrected chi connectivity index (χ4v) is 5.48. The van der Waals surface area contributed by atoms with Gasteiger partial charge in [0, 0.05) is 11.4 Å². The largest absolute Gasteiger partial charge is 0.356 e. The Morgan fingerprint density at radius 3 is 1.64 bits per heavy atom. The number of benzene rings is 7. The van der Waals surface area contributed by atoms with E-state index in [0.717, 1.165) is 11.4 Å². The molecule has 0 fully saturated rings. The average Bonchev–Trinajstić information content (AvgIpc) is 3.01. The van der Waals surface area contributed by atoms with E-state index in [9.17, 15) is 0 Å². The molecule has 1 N–H and O–H groups in total. The molecule has 0 unspecified atom stereocenters. The van der Waals surface area contributed by atoms with Gasteiger partial charge in [0.15, 0.2) is 0 Å². The zero-order valence-electron chi connectivity index (χ0n) is 21.5. The highest BCUT2D eigenvalue weighted by atomic mass is 14.9. The molecule has 7 aromatic rings. The molecule has 0 bridgehead atoms. The molecule has 0 spiro atoms. The molecule has 0 saturated carbocycles. The molecule has 0 heterocycles. The average molecular weight is 498 g/mol. The highest BCUT2D eigenvalue weighted by Gasteiger charge is 2.11. The van der Waals surface area contributed by atoms with Crippen LogP contribution in [0.5, 0.6) is 0 Å². The molecule has 0 aliphatic carbocycles. The quantitative estimate of drug-likeness (QED) is 0.249. The SMILES string of the molecule is c1ccc(-c2cc3ccccc3cc2-c2cccc(Nc3ccc(-c4cccc5ccccc45)cc3)c2)cc1. The second-order valence-electron chi connectivity index (χ2n) is 9.92. The maximum absolute atomic E-state index is 3.63. The molecule has 1 nitrogen and oxygen atoms in total. The van der Waals surface area contributed by atoms with Gasteiger partial charge in [-0.25, -0.2) is 0 Å². The maximum Gasteiger partial charge on any atom is 0.0390 e. The van der Waals surface area contributed by atoms with Crippen LogP contribution in [-0.2, 0) is 0 Å². The normalized spacial score (nSPS) is 11.1. The Morgan fingerprint density at radius 1 is 0.308 bits per heavy atom. The summed E-state index contributed by atoms with van der Waals surface area (Å²) in [7, 11) is 0. The minimum Gasteiger partial charge on any atom is -0.356 e. The van der Waals surface area contributed by atoms with Crippen molar-refractivity contribution in [2.45, 2.75) is 0 Å². The Morgan fingerprint density at radius 2 is 0.872 bits per heavy atom. The summed E-state index contributed by atoms with van der Waals surface area (Å²) in [5.74, 6) is 0. The molecule has 184 valence electrons. The summed E-state index contributed by atoms with van der Waals surface area (Å²) in [6.07, 6.45) is 0. The first-order valence-corrected chi connectivity index (χ1v) is 13.4. The third kappa shape index (κ3) is 4.56. The van der Waals surface area contributed by atoms with E-state index in [0.29, 0.717) is 0 Å². The summed E-state index contributed by atoms with van der Waals surface area (Å²) in [5.41, 5.74) is 9.50. The second kappa shape index (κ2) is 9.96. The Labute approximate surface area is 229 Å². The molecular formula is C38H27N. The molecule has 0 atom stereocenters. The van der Waals surface area contributed by atoms with E-state index in [2.05, 4.69) is 163 Å². The fraction of sp³-hybridized carbons (Fsp3) is 0. The Kier molecular flexibility index (Phi) is 5.88. The molecule has 0 amide bonds. The lowest BCUT2D eigenvalue weighted by atomic mass is 9.91. The predicted molar refractivity (Wildman–Crippen MR) is 167 cm³/mol. The van der Waals surface area contributed by atoms with Crippen molar-refractivity contribution in [2.75, 3.05) is 5.32 Å². The van der Waals surface area contributed by atoms with E-state index in [-0.39, 0.29) is 0 Å². The van der Waals surface area contributed by atoms with Crippen LogP contribution in [0.25, 0.3) is 54.9 Å². The van der Waals surface area contributed by atoms with E-state index in [1.165, 1.54) is 54.9 Å². The van der Waals surface area contributed by atoms with Crippen molar-refractivity contribution in [3.63, 3.8) is 0 Å². The first-order chi connectivity index (χ1) is 19.3. The Balaban J connectivity index is 1.23. The lowest BCUT2D eigenvalue weighted by Crippen LogP contribution is -1.92. The van der Waals surface area contributed by atoms with Crippen molar-refractivity contribution >= 4 is 32.9 Å². The van der Waals surface area contributed by atoms with Crippen molar-refractivity contribution < 1.29 is 0 Å². The minimum atomic E-state index is 1.07. The van der Waals surface area contributed by atoms with Crippen LogP contribution in [0.15, 0.2) is 158 Å². The monoisotopic (exact) mass is 497 g/mol. The third-order valence-electron chi connectivity index (χ3n) is 7.42. The molecular weight excluding hydrogens is 470 g/mol. The summed E-state index contributed by atoms with van der Waals surface area (Å²) in [6.45, 7) is 0. The van der Waals surface area contributed by atoms with Crippen LogP contribution in [0, 0.1) is 0 Å². The summed E-state index contributed by atoms with van der Waals surface area (Å²) in [6, 6.07) is 56.3. The number of anilines is 2. The summed E-state index contributed by atoms with van der Waals surface area (Å²) < 4.78 is 0. The number of fused-ring (bicyclic) bond motifs is 2. The van der Waals surface area contributed by atoms with Crippen LogP contribution in [0.3, 0.4) is 0 Å². The van der Waals surface area contributed by atoms with Crippen molar-refractivity contribution in [1.29, 1.82) is 0 Å². The lowest BCUT2D eigenvalue weighted by molar-refractivity contribution is 1.53. The maximum atomic E-state index is 3.63. The molecule has 0 aliphatic heterocycles. The number of nitrogens with one attached hydrogen (secondary N) is 1. The molecule has 0 saturated heterocycles. The third-order valence-corrected chi connectivity index (χ3v) is 7.42. The van der Waals surface area contributed by atoms with Crippen LogP contribution in [0.4, 0.5) is 11.4 Å².